The second-order valence-electron chi connectivity index (χ2n) is 5.10. The lowest BCUT2D eigenvalue weighted by Crippen LogP contribution is -2.42. The summed E-state index contributed by atoms with van der Waals surface area (Å²) in [5, 5.41) is 3.05. The summed E-state index contributed by atoms with van der Waals surface area (Å²) in [6, 6.07) is 19.7. The molecule has 2 aromatic carbocycles. The van der Waals surface area contributed by atoms with Gasteiger partial charge < -0.3 is 11.1 Å². The van der Waals surface area contributed by atoms with Crippen LogP contribution in [-0.4, -0.2) is 18.5 Å². The lowest BCUT2D eigenvalue weighted by molar-refractivity contribution is -0.122. The molecule has 0 saturated heterocycles. The van der Waals surface area contributed by atoms with E-state index in [2.05, 4.69) is 5.32 Å². The molecule has 0 aliphatic heterocycles. The first-order valence-corrected chi connectivity index (χ1v) is 7.36. The van der Waals surface area contributed by atoms with Crippen LogP contribution in [0.5, 0.6) is 0 Å². The van der Waals surface area contributed by atoms with Gasteiger partial charge in [0, 0.05) is 12.6 Å². The van der Waals surface area contributed by atoms with Crippen molar-refractivity contribution >= 4 is 5.91 Å². The second kappa shape index (κ2) is 7.60. The SMILES string of the molecule is CCC(CN)NC(=O)C(c1ccccc1)c1ccccc1. The molecule has 0 aromatic heterocycles. The van der Waals surface area contributed by atoms with Crippen molar-refractivity contribution in [1.82, 2.24) is 5.32 Å². The van der Waals surface area contributed by atoms with E-state index in [0.29, 0.717) is 6.54 Å². The number of nitrogens with one attached hydrogen (secondary N) is 1. The van der Waals surface area contributed by atoms with Crippen molar-refractivity contribution in [3.63, 3.8) is 0 Å². The summed E-state index contributed by atoms with van der Waals surface area (Å²) in [5.41, 5.74) is 7.68. The van der Waals surface area contributed by atoms with Crippen LogP contribution in [0.3, 0.4) is 0 Å². The number of carbonyl (C=O) groups is 1. The third-order valence-corrected chi connectivity index (χ3v) is 3.65. The molecule has 3 N–H and O–H groups in total. The summed E-state index contributed by atoms with van der Waals surface area (Å²) in [4.78, 5) is 12.7. The molecule has 2 aromatic rings. The molecule has 0 aliphatic carbocycles. The van der Waals surface area contributed by atoms with Crippen molar-refractivity contribution in [2.24, 2.45) is 5.73 Å². The van der Waals surface area contributed by atoms with E-state index in [-0.39, 0.29) is 17.9 Å². The maximum absolute atomic E-state index is 12.7. The van der Waals surface area contributed by atoms with Crippen molar-refractivity contribution in [3.05, 3.63) is 71.8 Å². The van der Waals surface area contributed by atoms with Gasteiger partial charge in [0.15, 0.2) is 0 Å². The highest BCUT2D eigenvalue weighted by atomic mass is 16.1. The molecule has 1 atom stereocenters. The van der Waals surface area contributed by atoms with Crippen LogP contribution < -0.4 is 11.1 Å². The van der Waals surface area contributed by atoms with Crippen LogP contribution >= 0.6 is 0 Å². The standard InChI is InChI=1S/C18H22N2O/c1-2-16(13-19)20-18(21)17(14-9-5-3-6-10-14)15-11-7-4-8-12-15/h3-12,16-17H,2,13,19H2,1H3,(H,20,21). The Morgan fingerprint density at radius 2 is 1.48 bits per heavy atom. The van der Waals surface area contributed by atoms with Crippen LogP contribution in [0.4, 0.5) is 0 Å². The van der Waals surface area contributed by atoms with E-state index in [0.717, 1.165) is 17.5 Å². The van der Waals surface area contributed by atoms with Gasteiger partial charge in [-0.3, -0.25) is 4.79 Å². The molecule has 0 aliphatic rings. The van der Waals surface area contributed by atoms with Gasteiger partial charge in [0.25, 0.3) is 0 Å². The number of carbonyl (C=O) groups excluding carboxylic acids is 1. The number of benzene rings is 2. The normalized spacial score (nSPS) is 12.1. The van der Waals surface area contributed by atoms with Gasteiger partial charge in [-0.1, -0.05) is 67.6 Å². The summed E-state index contributed by atoms with van der Waals surface area (Å²) < 4.78 is 0. The molecule has 1 unspecified atom stereocenters. The highest BCUT2D eigenvalue weighted by molar-refractivity contribution is 5.87. The molecule has 21 heavy (non-hydrogen) atoms. The second-order valence-corrected chi connectivity index (χ2v) is 5.10. The van der Waals surface area contributed by atoms with Crippen LogP contribution in [0, 0.1) is 0 Å². The van der Waals surface area contributed by atoms with Gasteiger partial charge in [0.1, 0.15) is 0 Å². The summed E-state index contributed by atoms with van der Waals surface area (Å²) in [5.74, 6) is -0.294. The fourth-order valence-electron chi connectivity index (χ4n) is 2.40. The summed E-state index contributed by atoms with van der Waals surface area (Å²) >= 11 is 0. The molecule has 110 valence electrons. The Hall–Kier alpha value is -2.13. The maximum atomic E-state index is 12.7. The number of hydrogen-bond donors (Lipinski definition) is 2. The number of nitrogens with two attached hydrogens (primary N) is 1. The molecular weight excluding hydrogens is 260 g/mol. The quantitative estimate of drug-likeness (QED) is 0.856. The first-order valence-electron chi connectivity index (χ1n) is 7.36. The summed E-state index contributed by atoms with van der Waals surface area (Å²) in [7, 11) is 0. The fourth-order valence-corrected chi connectivity index (χ4v) is 2.40. The molecule has 1 amide bonds. The van der Waals surface area contributed by atoms with Crippen LogP contribution in [-0.2, 0) is 4.79 Å². The zero-order valence-corrected chi connectivity index (χ0v) is 12.3. The van der Waals surface area contributed by atoms with E-state index in [1.165, 1.54) is 0 Å². The smallest absolute Gasteiger partial charge is 0.232 e. The van der Waals surface area contributed by atoms with Gasteiger partial charge in [0.05, 0.1) is 5.92 Å². The highest BCUT2D eigenvalue weighted by Gasteiger charge is 2.23. The summed E-state index contributed by atoms with van der Waals surface area (Å²) in [6.07, 6.45) is 0.832. The first-order chi connectivity index (χ1) is 10.3. The Morgan fingerprint density at radius 3 is 1.86 bits per heavy atom. The Balaban J connectivity index is 2.31. The van der Waals surface area contributed by atoms with Crippen LogP contribution in [0.25, 0.3) is 0 Å². The zero-order valence-electron chi connectivity index (χ0n) is 12.3. The van der Waals surface area contributed by atoms with Crippen molar-refractivity contribution in [3.8, 4) is 0 Å². The maximum Gasteiger partial charge on any atom is 0.232 e. The van der Waals surface area contributed by atoms with Crippen LogP contribution in [0.15, 0.2) is 60.7 Å². The minimum Gasteiger partial charge on any atom is -0.351 e. The Labute approximate surface area is 126 Å². The Kier molecular flexibility index (Phi) is 5.52. The van der Waals surface area contributed by atoms with Gasteiger partial charge in [-0.2, -0.15) is 0 Å². The van der Waals surface area contributed by atoms with Crippen molar-refractivity contribution in [2.45, 2.75) is 25.3 Å². The zero-order chi connectivity index (χ0) is 15.1. The number of rotatable bonds is 6. The highest BCUT2D eigenvalue weighted by Crippen LogP contribution is 2.24. The molecule has 3 nitrogen and oxygen atoms in total. The lowest BCUT2D eigenvalue weighted by atomic mass is 9.90. The lowest BCUT2D eigenvalue weighted by Gasteiger charge is -2.21. The van der Waals surface area contributed by atoms with Crippen molar-refractivity contribution in [2.75, 3.05) is 6.54 Å². The molecule has 0 heterocycles. The van der Waals surface area contributed by atoms with Gasteiger partial charge in [-0.15, -0.1) is 0 Å². The minimum atomic E-state index is -0.298. The van der Waals surface area contributed by atoms with E-state index in [1.54, 1.807) is 0 Å². The minimum absolute atomic E-state index is 0.00435. The number of hydrogen-bond acceptors (Lipinski definition) is 2. The van der Waals surface area contributed by atoms with E-state index >= 15 is 0 Å². The Bertz CT molecular complexity index is 510. The Morgan fingerprint density at radius 1 is 1.00 bits per heavy atom. The van der Waals surface area contributed by atoms with E-state index in [4.69, 9.17) is 5.73 Å². The average Bonchev–Trinajstić information content (AvgIpc) is 2.55. The molecule has 0 radical (unpaired) electrons. The predicted molar refractivity (Wildman–Crippen MR) is 86.0 cm³/mol. The molecule has 0 fully saturated rings. The fraction of sp³-hybridized carbons (Fsp3) is 0.278. The molecule has 3 heteroatoms. The van der Waals surface area contributed by atoms with E-state index in [9.17, 15) is 4.79 Å². The topological polar surface area (TPSA) is 55.1 Å². The van der Waals surface area contributed by atoms with Gasteiger partial charge >= 0.3 is 0 Å². The molecule has 0 bridgehead atoms. The van der Waals surface area contributed by atoms with Crippen molar-refractivity contribution in [1.29, 1.82) is 0 Å². The molecule has 2 rings (SSSR count). The average molecular weight is 282 g/mol. The van der Waals surface area contributed by atoms with Crippen molar-refractivity contribution < 1.29 is 4.79 Å². The summed E-state index contributed by atoms with van der Waals surface area (Å²) in [6.45, 7) is 2.48. The number of amides is 1. The van der Waals surface area contributed by atoms with Crippen LogP contribution in [0.1, 0.15) is 30.4 Å². The largest absolute Gasteiger partial charge is 0.351 e. The van der Waals surface area contributed by atoms with Gasteiger partial charge in [-0.25, -0.2) is 0 Å². The molecule has 0 spiro atoms. The predicted octanol–water partition coefficient (Wildman–Crippen LogP) is 2.67. The van der Waals surface area contributed by atoms with E-state index in [1.807, 2.05) is 67.6 Å². The van der Waals surface area contributed by atoms with Gasteiger partial charge in [0.2, 0.25) is 5.91 Å². The first kappa shape index (κ1) is 15.3. The third-order valence-electron chi connectivity index (χ3n) is 3.65. The van der Waals surface area contributed by atoms with E-state index < -0.39 is 0 Å². The molecule has 0 saturated carbocycles. The van der Waals surface area contributed by atoms with Gasteiger partial charge in [-0.05, 0) is 17.5 Å². The third kappa shape index (κ3) is 3.92. The molecular formula is C18H22N2O. The van der Waals surface area contributed by atoms with Crippen LogP contribution in [0.2, 0.25) is 0 Å². The monoisotopic (exact) mass is 282 g/mol.